The molecule has 0 amide bonds. The van der Waals surface area contributed by atoms with Gasteiger partial charge in [-0.3, -0.25) is 0 Å². The molecule has 36 heavy (non-hydrogen) atoms. The van der Waals surface area contributed by atoms with Gasteiger partial charge in [0, 0.05) is 0 Å². The summed E-state index contributed by atoms with van der Waals surface area (Å²) in [5.41, 5.74) is 3.28. The van der Waals surface area contributed by atoms with Crippen molar-refractivity contribution in [2.45, 2.75) is 75.5 Å². The van der Waals surface area contributed by atoms with E-state index in [1.807, 2.05) is 6.07 Å². The van der Waals surface area contributed by atoms with Crippen LogP contribution in [0.4, 0.5) is 14.0 Å². The van der Waals surface area contributed by atoms with Crippen LogP contribution in [0.3, 0.4) is 0 Å². The number of nitrogens with zero attached hydrogens (tertiary/aromatic N) is 1. The van der Waals surface area contributed by atoms with Gasteiger partial charge in [-0.05, 0) is 0 Å². The van der Waals surface area contributed by atoms with E-state index in [-0.39, 0.29) is 17.6 Å². The fourth-order valence-electron chi connectivity index (χ4n) is 5.37. The molecule has 2 aliphatic carbocycles. The van der Waals surface area contributed by atoms with Crippen LogP contribution in [0.25, 0.3) is 0 Å². The molecule has 0 aromatic heterocycles. The molecule has 2 aromatic rings. The van der Waals surface area contributed by atoms with Gasteiger partial charge in [0.25, 0.3) is 0 Å². The van der Waals surface area contributed by atoms with E-state index in [1.165, 1.54) is 82.0 Å². The zero-order valence-electron chi connectivity index (χ0n) is 20.7. The third kappa shape index (κ3) is 7.68. The van der Waals surface area contributed by atoms with Gasteiger partial charge in [0.15, 0.2) is 0 Å². The van der Waals surface area contributed by atoms with E-state index in [9.17, 15) is 16.7 Å². The molecule has 4 nitrogen and oxygen atoms in total. The van der Waals surface area contributed by atoms with E-state index in [0.717, 1.165) is 17.4 Å². The van der Waals surface area contributed by atoms with Crippen molar-refractivity contribution in [2.24, 2.45) is 0 Å². The van der Waals surface area contributed by atoms with Crippen LogP contribution in [0.15, 0.2) is 42.5 Å². The summed E-state index contributed by atoms with van der Waals surface area (Å²) in [6.45, 7) is 0. The second-order valence-electron chi connectivity index (χ2n) is 9.47. The molecule has 0 N–H and O–H groups in total. The first kappa shape index (κ1) is 29.9. The van der Waals surface area contributed by atoms with Crippen LogP contribution in [-0.4, -0.2) is 33.8 Å². The Morgan fingerprint density at radius 1 is 0.972 bits per heavy atom. The summed E-state index contributed by atoms with van der Waals surface area (Å²) < 4.78 is 46.5. The van der Waals surface area contributed by atoms with E-state index >= 15 is 0 Å². The summed E-state index contributed by atoms with van der Waals surface area (Å²) >= 11 is -0.126. The summed E-state index contributed by atoms with van der Waals surface area (Å²) in [6, 6.07) is 14.7. The van der Waals surface area contributed by atoms with E-state index in [2.05, 4.69) is 47.4 Å². The Morgan fingerprint density at radius 2 is 1.53 bits per heavy atom. The number of hydrogen-bond donors (Lipinski definition) is 0. The van der Waals surface area contributed by atoms with Gasteiger partial charge >= 0.3 is 172 Å². The summed E-state index contributed by atoms with van der Waals surface area (Å²) in [4.78, 5) is 2.34. The molecule has 0 heterocycles. The Morgan fingerprint density at radius 3 is 2.00 bits per heavy atom. The molecule has 4 rings (SSSR count). The molecule has 0 bridgehead atoms. The molecule has 2 fully saturated rings. The minimum absolute atomic E-state index is 0.126. The maximum atomic E-state index is 12.5. The zero-order chi connectivity index (χ0) is 26.2. The van der Waals surface area contributed by atoms with Crippen LogP contribution in [0, 0.1) is 11.9 Å². The molecular formula is C26H35AuClF2NO3PS-. The van der Waals surface area contributed by atoms with Gasteiger partial charge in [-0.2, -0.15) is 20.6 Å². The number of para-hydroxylation sites is 1. The van der Waals surface area contributed by atoms with Gasteiger partial charge in [-0.1, -0.05) is 3.89 Å². The number of benzene rings is 2. The summed E-state index contributed by atoms with van der Waals surface area (Å²) in [6.07, 6.45) is 14.4. The van der Waals surface area contributed by atoms with Gasteiger partial charge in [-0.25, -0.2) is 4.39 Å². The fraction of sp³-hybridized carbons (Fsp3) is 0.538. The molecule has 206 valence electrons. The molecule has 10 heteroatoms. The quantitative estimate of drug-likeness (QED) is 0.134. The average Bonchev–Trinajstić information content (AvgIpc) is 2.87. The Balaban J connectivity index is 0.000000253. The first-order valence-corrected chi connectivity index (χ1v) is 21.0. The molecule has 0 radical (unpaired) electrons. The Bertz CT molecular complexity index is 1130. The van der Waals surface area contributed by atoms with Crippen molar-refractivity contribution in [3.05, 3.63) is 54.3 Å². The van der Waals surface area contributed by atoms with Crippen LogP contribution in [0.5, 0.6) is 5.75 Å². The maximum Gasteiger partial charge on any atom is 0.476 e. The molecular weight excluding hydrogens is 708 g/mol. The second kappa shape index (κ2) is 13.9. The molecule has 2 saturated carbocycles. The second-order valence-corrected chi connectivity index (χ2v) is 22.1. The number of rotatable bonds is 6. The van der Waals surface area contributed by atoms with E-state index < -0.39 is 26.8 Å². The van der Waals surface area contributed by atoms with Crippen molar-refractivity contribution in [1.82, 2.24) is 0 Å². The third-order valence-electron chi connectivity index (χ3n) is 6.91. The molecule has 0 aliphatic heterocycles. The number of halogens is 3. The summed E-state index contributed by atoms with van der Waals surface area (Å²) in [7, 11) is 6.29. The fourth-order valence-corrected chi connectivity index (χ4v) is 22.8. The standard InChI is InChI=1S/C20H32NP.C6H3F2O3S.Au.ClH/c1-21(2)19-15-9-10-16-20(19)22(17-11-5-3-6-12-17)18-13-7-4-8-14-18;7-5-3-1-2-4-6(5)11-12(8,9)10;;/h9-10,15-18H,3-8,11-14H2,1-2H3;1-2,4H;;1H/q;-1;+1;/p-1. The first-order chi connectivity index (χ1) is 17.2. The minimum Gasteiger partial charge on any atom is -0.419 e. The molecule has 0 unspecified atom stereocenters. The van der Waals surface area contributed by atoms with E-state index in [4.69, 9.17) is 9.19 Å². The van der Waals surface area contributed by atoms with Crippen molar-refractivity contribution >= 4 is 35.4 Å². The zero-order valence-corrected chi connectivity index (χ0v) is 25.4. The van der Waals surface area contributed by atoms with Gasteiger partial charge in [-0.15, -0.1) is 12.1 Å². The average molecular weight is 743 g/mol. The van der Waals surface area contributed by atoms with Crippen molar-refractivity contribution in [3.63, 3.8) is 0 Å². The van der Waals surface area contributed by atoms with Gasteiger partial charge in [0.05, 0.1) is 11.6 Å². The minimum atomic E-state index is -5.16. The molecule has 0 saturated heterocycles. The third-order valence-corrected chi connectivity index (χ3v) is 23.9. The monoisotopic (exact) mass is 742 g/mol. The predicted octanol–water partition coefficient (Wildman–Crippen LogP) is 7.43. The van der Waals surface area contributed by atoms with Crippen LogP contribution in [0.1, 0.15) is 64.2 Å². The molecule has 2 aromatic carbocycles. The Kier molecular flexibility index (Phi) is 11.5. The van der Waals surface area contributed by atoms with Gasteiger partial charge in [0.1, 0.15) is 0 Å². The van der Waals surface area contributed by atoms with Crippen molar-refractivity contribution < 1.29 is 38.5 Å². The first-order valence-electron chi connectivity index (χ1n) is 12.4. The predicted molar refractivity (Wildman–Crippen MR) is 143 cm³/mol. The van der Waals surface area contributed by atoms with Gasteiger partial charge in [0.2, 0.25) is 0 Å². The smallest absolute Gasteiger partial charge is 0.419 e. The van der Waals surface area contributed by atoms with E-state index in [1.54, 1.807) is 5.30 Å². The van der Waals surface area contributed by atoms with Gasteiger partial charge < -0.3 is 4.18 Å². The Hall–Kier alpha value is -0.690. The largest absolute Gasteiger partial charge is 0.476 e. The SMILES string of the molecule is CN(C)c1ccccc1[P](=[Au][Cl])(C1CCCCC1)C1CCCCC1.O=S(=O)(F)Oc1ccc[c-]c1F. The van der Waals surface area contributed by atoms with Crippen LogP contribution in [0.2, 0.25) is 0 Å². The normalized spacial score (nSPS) is 17.8. The molecule has 2 aliphatic rings. The number of hydrogen-bond acceptors (Lipinski definition) is 4. The van der Waals surface area contributed by atoms with Crippen molar-refractivity contribution in [1.29, 1.82) is 0 Å². The summed E-state index contributed by atoms with van der Waals surface area (Å²) in [5.74, 6) is -1.77. The van der Waals surface area contributed by atoms with Crippen LogP contribution in [-0.2, 0) is 28.1 Å². The van der Waals surface area contributed by atoms with Crippen LogP contribution >= 0.6 is 13.9 Å². The molecule has 0 spiro atoms. The summed E-state index contributed by atoms with van der Waals surface area (Å²) in [5, 5.41) is 1.69. The van der Waals surface area contributed by atoms with Crippen molar-refractivity contribution in [3.8, 4) is 5.75 Å². The number of anilines is 1. The molecule has 0 atom stereocenters. The van der Waals surface area contributed by atoms with E-state index in [0.29, 0.717) is 0 Å². The topological polar surface area (TPSA) is 46.6 Å². The van der Waals surface area contributed by atoms with Crippen molar-refractivity contribution in [2.75, 3.05) is 19.0 Å². The Labute approximate surface area is 227 Å². The maximum absolute atomic E-state index is 12.5. The van der Waals surface area contributed by atoms with Crippen LogP contribution < -0.4 is 14.4 Å².